The molecular weight excluding hydrogens is 386 g/mol. The van der Waals surface area contributed by atoms with E-state index in [0.717, 1.165) is 15.3 Å². The number of nitrogens with one attached hydrogen (secondary N) is 2. The molecule has 6 nitrogen and oxygen atoms in total. The number of rotatable bonds is 6. The van der Waals surface area contributed by atoms with Crippen molar-refractivity contribution in [2.24, 2.45) is 0 Å². The van der Waals surface area contributed by atoms with E-state index >= 15 is 0 Å². The van der Waals surface area contributed by atoms with Crippen molar-refractivity contribution >= 4 is 40.8 Å². The molecule has 1 aromatic heterocycles. The Morgan fingerprint density at radius 3 is 2.52 bits per heavy atom. The lowest BCUT2D eigenvalue weighted by atomic mass is 10.1. The molecule has 2 heterocycles. The van der Waals surface area contributed by atoms with Crippen molar-refractivity contribution < 1.29 is 14.4 Å². The van der Waals surface area contributed by atoms with E-state index in [1.54, 1.807) is 26.0 Å². The van der Waals surface area contributed by atoms with Crippen LogP contribution >= 0.6 is 22.9 Å². The van der Waals surface area contributed by atoms with Gasteiger partial charge in [0.25, 0.3) is 5.91 Å². The van der Waals surface area contributed by atoms with Gasteiger partial charge in [-0.15, -0.1) is 11.3 Å². The van der Waals surface area contributed by atoms with Crippen molar-refractivity contribution in [2.45, 2.75) is 31.8 Å². The first-order valence-corrected chi connectivity index (χ1v) is 9.76. The minimum atomic E-state index is -0.934. The van der Waals surface area contributed by atoms with Crippen LogP contribution in [0.4, 0.5) is 4.79 Å². The molecule has 0 aliphatic carbocycles. The monoisotopic (exact) mass is 405 g/mol. The number of benzene rings is 1. The predicted molar refractivity (Wildman–Crippen MR) is 105 cm³/mol. The first-order valence-electron chi connectivity index (χ1n) is 8.50. The highest BCUT2D eigenvalue weighted by Gasteiger charge is 2.44. The second kappa shape index (κ2) is 7.70. The van der Waals surface area contributed by atoms with Crippen molar-refractivity contribution in [2.75, 3.05) is 6.54 Å². The molecule has 0 bridgehead atoms. The number of halogens is 1. The van der Waals surface area contributed by atoms with Gasteiger partial charge >= 0.3 is 6.03 Å². The number of thiophene rings is 1. The van der Waals surface area contributed by atoms with Crippen LogP contribution in [0.15, 0.2) is 41.8 Å². The van der Waals surface area contributed by atoms with Crippen LogP contribution in [-0.2, 0) is 9.59 Å². The van der Waals surface area contributed by atoms with Crippen LogP contribution in [0.5, 0.6) is 0 Å². The second-order valence-electron chi connectivity index (χ2n) is 6.83. The topological polar surface area (TPSA) is 78.5 Å². The van der Waals surface area contributed by atoms with Crippen LogP contribution in [-0.4, -0.2) is 34.8 Å². The summed E-state index contributed by atoms with van der Waals surface area (Å²) < 4.78 is 0. The Morgan fingerprint density at radius 1 is 1.26 bits per heavy atom. The van der Waals surface area contributed by atoms with Crippen molar-refractivity contribution in [1.29, 1.82) is 0 Å². The molecule has 1 saturated heterocycles. The first-order chi connectivity index (χ1) is 12.8. The molecule has 1 aromatic carbocycles. The van der Waals surface area contributed by atoms with E-state index in [2.05, 4.69) is 10.6 Å². The average Bonchev–Trinajstić information content (AvgIpc) is 3.20. The summed E-state index contributed by atoms with van der Waals surface area (Å²) in [5.74, 6) is -0.568. The maximum Gasteiger partial charge on any atom is 0.325 e. The largest absolute Gasteiger partial charge is 0.344 e. The van der Waals surface area contributed by atoms with Gasteiger partial charge in [0.2, 0.25) is 5.91 Å². The first kappa shape index (κ1) is 19.4. The maximum atomic E-state index is 12.5. The summed E-state index contributed by atoms with van der Waals surface area (Å²) in [5, 5.41) is 8.16. The summed E-state index contributed by atoms with van der Waals surface area (Å²) in [7, 11) is 0. The SMILES string of the molecule is CC1(C)NC(=O)N(CCC(=O)N[C@H](c2ccc(Cl)cc2)c2cccs2)C1=O. The van der Waals surface area contributed by atoms with Gasteiger partial charge in [0.1, 0.15) is 5.54 Å². The molecule has 1 fully saturated rings. The lowest BCUT2D eigenvalue weighted by Gasteiger charge is -2.20. The van der Waals surface area contributed by atoms with Crippen molar-refractivity contribution in [3.63, 3.8) is 0 Å². The van der Waals surface area contributed by atoms with Gasteiger partial charge in [0.15, 0.2) is 0 Å². The summed E-state index contributed by atoms with van der Waals surface area (Å²) in [4.78, 5) is 38.7. The molecule has 142 valence electrons. The van der Waals surface area contributed by atoms with Gasteiger partial charge in [0.05, 0.1) is 6.04 Å². The Morgan fingerprint density at radius 2 is 1.96 bits per heavy atom. The molecule has 1 aliphatic rings. The average molecular weight is 406 g/mol. The van der Waals surface area contributed by atoms with Crippen LogP contribution in [0, 0.1) is 0 Å². The lowest BCUT2D eigenvalue weighted by molar-refractivity contribution is -0.130. The third-order valence-electron chi connectivity index (χ3n) is 4.34. The van der Waals surface area contributed by atoms with Gasteiger partial charge in [-0.3, -0.25) is 14.5 Å². The van der Waals surface area contributed by atoms with E-state index in [9.17, 15) is 14.4 Å². The number of urea groups is 1. The van der Waals surface area contributed by atoms with Crippen LogP contribution < -0.4 is 10.6 Å². The van der Waals surface area contributed by atoms with Crippen LogP contribution in [0.3, 0.4) is 0 Å². The Hall–Kier alpha value is -2.38. The highest BCUT2D eigenvalue weighted by Crippen LogP contribution is 2.27. The lowest BCUT2D eigenvalue weighted by Crippen LogP contribution is -2.41. The molecule has 4 amide bonds. The fourth-order valence-electron chi connectivity index (χ4n) is 2.90. The minimum absolute atomic E-state index is 0.0324. The molecule has 0 spiro atoms. The molecule has 1 aliphatic heterocycles. The number of imide groups is 1. The van der Waals surface area contributed by atoms with Gasteiger partial charge in [-0.05, 0) is 43.0 Å². The molecule has 0 unspecified atom stereocenters. The number of carbonyl (C=O) groups is 3. The normalized spacial score (nSPS) is 16.9. The van der Waals surface area contributed by atoms with E-state index in [0.29, 0.717) is 5.02 Å². The number of hydrogen-bond acceptors (Lipinski definition) is 4. The van der Waals surface area contributed by atoms with Crippen molar-refractivity contribution in [1.82, 2.24) is 15.5 Å². The summed E-state index contributed by atoms with van der Waals surface area (Å²) in [6.45, 7) is 3.32. The van der Waals surface area contributed by atoms with Crippen molar-refractivity contribution in [3.8, 4) is 0 Å². The summed E-state index contributed by atoms with van der Waals surface area (Å²) in [6, 6.07) is 10.4. The number of nitrogens with zero attached hydrogens (tertiary/aromatic N) is 1. The van der Waals surface area contributed by atoms with Gasteiger partial charge in [-0.25, -0.2) is 4.79 Å². The van der Waals surface area contributed by atoms with Gasteiger partial charge in [-0.1, -0.05) is 29.8 Å². The smallest absolute Gasteiger partial charge is 0.325 e. The van der Waals surface area contributed by atoms with Crippen LogP contribution in [0.1, 0.15) is 36.8 Å². The highest BCUT2D eigenvalue weighted by atomic mass is 35.5. The summed E-state index contributed by atoms with van der Waals surface area (Å²) in [6.07, 6.45) is 0.0324. The standard InChI is InChI=1S/C19H20ClN3O3S/c1-19(2)17(25)23(18(26)22-19)10-9-15(24)21-16(14-4-3-11-27-14)12-5-7-13(20)8-6-12/h3-8,11,16H,9-10H2,1-2H3,(H,21,24)(H,22,26)/t16-/m1/s1. The highest BCUT2D eigenvalue weighted by molar-refractivity contribution is 7.10. The fraction of sp³-hybridized carbons (Fsp3) is 0.316. The molecule has 2 N–H and O–H groups in total. The third kappa shape index (κ3) is 4.31. The summed E-state index contributed by atoms with van der Waals surface area (Å²) in [5.41, 5.74) is -0.0255. The maximum absolute atomic E-state index is 12.5. The Bertz CT molecular complexity index is 850. The zero-order valence-electron chi connectivity index (χ0n) is 15.0. The number of amides is 4. The Balaban J connectivity index is 1.68. The van der Waals surface area contributed by atoms with E-state index in [4.69, 9.17) is 11.6 Å². The third-order valence-corrected chi connectivity index (χ3v) is 5.53. The Kier molecular flexibility index (Phi) is 5.53. The van der Waals surface area contributed by atoms with Gasteiger partial charge in [0, 0.05) is 22.9 Å². The number of hydrogen-bond donors (Lipinski definition) is 2. The molecule has 3 rings (SSSR count). The molecule has 1 atom stereocenters. The van der Waals surface area contributed by atoms with E-state index in [-0.39, 0.29) is 30.8 Å². The van der Waals surface area contributed by atoms with Crippen LogP contribution in [0.25, 0.3) is 0 Å². The molecule has 2 aromatic rings. The molecule has 0 radical (unpaired) electrons. The van der Waals surface area contributed by atoms with E-state index < -0.39 is 11.6 Å². The fourth-order valence-corrected chi connectivity index (χ4v) is 3.83. The van der Waals surface area contributed by atoms with E-state index in [1.165, 1.54) is 11.3 Å². The predicted octanol–water partition coefficient (Wildman–Crippen LogP) is 3.33. The molecular formula is C19H20ClN3O3S. The quantitative estimate of drug-likeness (QED) is 0.723. The zero-order valence-corrected chi connectivity index (χ0v) is 16.6. The van der Waals surface area contributed by atoms with Crippen molar-refractivity contribution in [3.05, 3.63) is 57.2 Å². The van der Waals surface area contributed by atoms with Crippen LogP contribution in [0.2, 0.25) is 5.02 Å². The molecule has 0 saturated carbocycles. The number of carbonyl (C=O) groups excluding carboxylic acids is 3. The van der Waals surface area contributed by atoms with E-state index in [1.807, 2.05) is 29.6 Å². The van der Waals surface area contributed by atoms with Gasteiger partial charge < -0.3 is 10.6 Å². The molecule has 27 heavy (non-hydrogen) atoms. The second-order valence-corrected chi connectivity index (χ2v) is 8.25. The minimum Gasteiger partial charge on any atom is -0.344 e. The zero-order chi connectivity index (χ0) is 19.6. The molecule has 8 heteroatoms. The summed E-state index contributed by atoms with van der Waals surface area (Å²) >= 11 is 7.50. The Labute approximate surface area is 166 Å². The van der Waals surface area contributed by atoms with Gasteiger partial charge in [-0.2, -0.15) is 0 Å².